The van der Waals surface area contributed by atoms with Crippen LogP contribution in [0, 0.1) is 6.92 Å². The lowest BCUT2D eigenvalue weighted by Gasteiger charge is -2.12. The Morgan fingerprint density at radius 3 is 2.87 bits per heavy atom. The summed E-state index contributed by atoms with van der Waals surface area (Å²) in [6.07, 6.45) is 2.16. The van der Waals surface area contributed by atoms with E-state index in [0.717, 1.165) is 25.4 Å². The Kier molecular flexibility index (Phi) is 5.29. The van der Waals surface area contributed by atoms with Crippen LogP contribution in [0.3, 0.4) is 0 Å². The SMILES string of the molecule is CCOC(C)CNCc1ccc(C)cn1. The maximum absolute atomic E-state index is 5.42. The number of hydrogen-bond donors (Lipinski definition) is 1. The standard InChI is InChI=1S/C12H20N2O/c1-4-15-11(3)8-13-9-12-6-5-10(2)7-14-12/h5-7,11,13H,4,8-9H2,1-3H3. The molecule has 1 heterocycles. The van der Waals surface area contributed by atoms with Crippen LogP contribution in [0.2, 0.25) is 0 Å². The fraction of sp³-hybridized carbons (Fsp3) is 0.583. The molecule has 1 unspecified atom stereocenters. The third-order valence-electron chi connectivity index (χ3n) is 2.16. The number of aryl methyl sites for hydroxylation is 1. The molecule has 1 N–H and O–H groups in total. The number of nitrogens with zero attached hydrogens (tertiary/aromatic N) is 1. The molecule has 84 valence electrons. The molecule has 0 aliphatic rings. The van der Waals surface area contributed by atoms with Crippen LogP contribution in [0.15, 0.2) is 18.3 Å². The van der Waals surface area contributed by atoms with Crippen LogP contribution in [0.4, 0.5) is 0 Å². The van der Waals surface area contributed by atoms with E-state index in [4.69, 9.17) is 4.74 Å². The van der Waals surface area contributed by atoms with Crippen molar-refractivity contribution in [1.29, 1.82) is 0 Å². The summed E-state index contributed by atoms with van der Waals surface area (Å²) in [6, 6.07) is 4.13. The molecule has 0 saturated carbocycles. The van der Waals surface area contributed by atoms with Crippen LogP contribution in [0.5, 0.6) is 0 Å². The molecule has 1 aromatic heterocycles. The van der Waals surface area contributed by atoms with Crippen molar-refractivity contribution in [2.24, 2.45) is 0 Å². The van der Waals surface area contributed by atoms with Gasteiger partial charge in [-0.15, -0.1) is 0 Å². The van der Waals surface area contributed by atoms with Gasteiger partial charge in [0.05, 0.1) is 11.8 Å². The number of pyridine rings is 1. The first-order valence-electron chi connectivity index (χ1n) is 5.46. The number of nitrogens with one attached hydrogen (secondary N) is 1. The Hall–Kier alpha value is -0.930. The van der Waals surface area contributed by atoms with Crippen molar-refractivity contribution in [3.8, 4) is 0 Å². The lowest BCUT2D eigenvalue weighted by molar-refractivity contribution is 0.0759. The summed E-state index contributed by atoms with van der Waals surface area (Å²) < 4.78 is 5.42. The second-order valence-corrected chi connectivity index (χ2v) is 3.72. The summed E-state index contributed by atoms with van der Waals surface area (Å²) >= 11 is 0. The third kappa shape index (κ3) is 4.91. The Balaban J connectivity index is 2.22. The van der Waals surface area contributed by atoms with Crippen molar-refractivity contribution < 1.29 is 4.74 Å². The maximum atomic E-state index is 5.42. The molecular weight excluding hydrogens is 188 g/mol. The summed E-state index contributed by atoms with van der Waals surface area (Å²) in [4.78, 5) is 4.32. The number of hydrogen-bond acceptors (Lipinski definition) is 3. The van der Waals surface area contributed by atoms with E-state index < -0.39 is 0 Å². The van der Waals surface area contributed by atoms with Crippen LogP contribution in [0.1, 0.15) is 25.1 Å². The van der Waals surface area contributed by atoms with Gasteiger partial charge in [-0.25, -0.2) is 0 Å². The van der Waals surface area contributed by atoms with Crippen molar-refractivity contribution in [2.45, 2.75) is 33.4 Å². The van der Waals surface area contributed by atoms with E-state index in [1.165, 1.54) is 5.56 Å². The predicted octanol–water partition coefficient (Wildman–Crippen LogP) is 1.90. The van der Waals surface area contributed by atoms with E-state index in [9.17, 15) is 0 Å². The van der Waals surface area contributed by atoms with Crippen LogP contribution in [-0.2, 0) is 11.3 Å². The van der Waals surface area contributed by atoms with Crippen LogP contribution in [-0.4, -0.2) is 24.2 Å². The minimum Gasteiger partial charge on any atom is -0.377 e. The second-order valence-electron chi connectivity index (χ2n) is 3.72. The highest BCUT2D eigenvalue weighted by molar-refractivity contribution is 5.11. The normalized spacial score (nSPS) is 12.7. The molecule has 1 atom stereocenters. The zero-order valence-corrected chi connectivity index (χ0v) is 9.79. The lowest BCUT2D eigenvalue weighted by Crippen LogP contribution is -2.26. The largest absolute Gasteiger partial charge is 0.377 e. The van der Waals surface area contributed by atoms with Gasteiger partial charge in [0.1, 0.15) is 0 Å². The molecule has 0 aliphatic heterocycles. The van der Waals surface area contributed by atoms with Gasteiger partial charge in [-0.2, -0.15) is 0 Å². The van der Waals surface area contributed by atoms with Crippen molar-refractivity contribution >= 4 is 0 Å². The van der Waals surface area contributed by atoms with Crippen molar-refractivity contribution in [1.82, 2.24) is 10.3 Å². The maximum Gasteiger partial charge on any atom is 0.0671 e. The molecule has 0 aromatic carbocycles. The van der Waals surface area contributed by atoms with Gasteiger partial charge in [-0.1, -0.05) is 6.07 Å². The average molecular weight is 208 g/mol. The third-order valence-corrected chi connectivity index (χ3v) is 2.16. The Bertz CT molecular complexity index is 271. The van der Waals surface area contributed by atoms with Crippen LogP contribution in [0.25, 0.3) is 0 Å². The summed E-state index contributed by atoms with van der Waals surface area (Å²) in [7, 11) is 0. The molecule has 15 heavy (non-hydrogen) atoms. The van der Waals surface area contributed by atoms with Gasteiger partial charge in [-0.05, 0) is 32.4 Å². The van der Waals surface area contributed by atoms with Gasteiger partial charge in [-0.3, -0.25) is 4.98 Å². The van der Waals surface area contributed by atoms with E-state index in [1.807, 2.05) is 26.1 Å². The molecule has 1 rings (SSSR count). The van der Waals surface area contributed by atoms with E-state index in [2.05, 4.69) is 23.3 Å². The highest BCUT2D eigenvalue weighted by Crippen LogP contribution is 1.98. The van der Waals surface area contributed by atoms with E-state index >= 15 is 0 Å². The van der Waals surface area contributed by atoms with Gasteiger partial charge in [0, 0.05) is 25.9 Å². The zero-order valence-electron chi connectivity index (χ0n) is 9.79. The monoisotopic (exact) mass is 208 g/mol. The molecule has 0 aliphatic carbocycles. The zero-order chi connectivity index (χ0) is 11.1. The quantitative estimate of drug-likeness (QED) is 0.775. The molecule has 3 nitrogen and oxygen atoms in total. The van der Waals surface area contributed by atoms with Crippen LogP contribution >= 0.6 is 0 Å². The highest BCUT2D eigenvalue weighted by Gasteiger charge is 2.00. The molecule has 0 bridgehead atoms. The van der Waals surface area contributed by atoms with Crippen molar-refractivity contribution in [2.75, 3.05) is 13.2 Å². The van der Waals surface area contributed by atoms with Crippen molar-refractivity contribution in [3.63, 3.8) is 0 Å². The summed E-state index contributed by atoms with van der Waals surface area (Å²) in [5.74, 6) is 0. The number of ether oxygens (including phenoxy) is 1. The van der Waals surface area contributed by atoms with E-state index in [1.54, 1.807) is 0 Å². The predicted molar refractivity (Wildman–Crippen MR) is 61.8 cm³/mol. The molecule has 0 amide bonds. The fourth-order valence-electron chi connectivity index (χ4n) is 1.35. The Morgan fingerprint density at radius 2 is 2.27 bits per heavy atom. The Labute approximate surface area is 91.9 Å². The summed E-state index contributed by atoms with van der Waals surface area (Å²) in [5.41, 5.74) is 2.27. The van der Waals surface area contributed by atoms with Crippen molar-refractivity contribution in [3.05, 3.63) is 29.6 Å². The van der Waals surface area contributed by atoms with Gasteiger partial charge in [0.25, 0.3) is 0 Å². The second kappa shape index (κ2) is 6.53. The summed E-state index contributed by atoms with van der Waals surface area (Å²) in [6.45, 7) is 8.56. The number of aromatic nitrogens is 1. The van der Waals surface area contributed by atoms with Gasteiger partial charge in [0.15, 0.2) is 0 Å². The van der Waals surface area contributed by atoms with Gasteiger partial charge in [0.2, 0.25) is 0 Å². The average Bonchev–Trinajstić information content (AvgIpc) is 2.21. The van der Waals surface area contributed by atoms with Crippen LogP contribution < -0.4 is 5.32 Å². The smallest absolute Gasteiger partial charge is 0.0671 e. The summed E-state index contributed by atoms with van der Waals surface area (Å²) in [5, 5.41) is 3.32. The molecule has 1 aromatic rings. The van der Waals surface area contributed by atoms with E-state index in [0.29, 0.717) is 0 Å². The van der Waals surface area contributed by atoms with E-state index in [-0.39, 0.29) is 6.10 Å². The minimum atomic E-state index is 0.264. The molecule has 3 heteroatoms. The first-order chi connectivity index (χ1) is 7.22. The molecule has 0 saturated heterocycles. The topological polar surface area (TPSA) is 34.1 Å². The molecule has 0 spiro atoms. The first-order valence-corrected chi connectivity index (χ1v) is 5.46. The highest BCUT2D eigenvalue weighted by atomic mass is 16.5. The number of rotatable bonds is 6. The minimum absolute atomic E-state index is 0.264. The van der Waals surface area contributed by atoms with Gasteiger partial charge < -0.3 is 10.1 Å². The molecular formula is C12H20N2O. The first kappa shape index (κ1) is 12.1. The lowest BCUT2D eigenvalue weighted by atomic mass is 10.3. The molecule has 0 fully saturated rings. The Morgan fingerprint density at radius 1 is 1.47 bits per heavy atom. The molecule has 0 radical (unpaired) electrons. The van der Waals surface area contributed by atoms with Gasteiger partial charge >= 0.3 is 0 Å². The fourth-order valence-corrected chi connectivity index (χ4v) is 1.35.